The van der Waals surface area contributed by atoms with Crippen molar-refractivity contribution in [1.29, 1.82) is 0 Å². The van der Waals surface area contributed by atoms with Crippen LogP contribution in [0.2, 0.25) is 0 Å². The molecule has 4 aromatic rings. The van der Waals surface area contributed by atoms with E-state index >= 15 is 0 Å². The van der Waals surface area contributed by atoms with Crippen LogP contribution >= 0.6 is 0 Å². The van der Waals surface area contributed by atoms with Crippen LogP contribution in [0.1, 0.15) is 54.6 Å². The number of nitrogens with zero attached hydrogens (tertiary/aromatic N) is 6. The van der Waals surface area contributed by atoms with Gasteiger partial charge in [-0.2, -0.15) is 9.61 Å². The van der Waals surface area contributed by atoms with E-state index in [2.05, 4.69) is 20.1 Å². The molecular formula is C25H26N8O3. The van der Waals surface area contributed by atoms with Gasteiger partial charge in [-0.3, -0.25) is 9.78 Å². The number of imidazole rings is 1. The van der Waals surface area contributed by atoms with Crippen LogP contribution in [-0.4, -0.2) is 65.5 Å². The number of anilines is 1. The number of nitrogen functional groups attached to an aromatic ring is 1. The Morgan fingerprint density at radius 2 is 1.92 bits per heavy atom. The molecule has 11 nitrogen and oxygen atoms in total. The molecule has 2 saturated heterocycles. The molecule has 2 fully saturated rings. The molecule has 2 bridgehead atoms. The van der Waals surface area contributed by atoms with Gasteiger partial charge in [0, 0.05) is 47.7 Å². The minimum Gasteiger partial charge on any atom is -0.453 e. The number of pyridine rings is 1. The SMILES string of the molecule is COC(=O)N1[C@@H]2CC[C@H]1CC(c1nc3c(-c4ccc(-c5ncc[nH]5)nc4)cnn3c(N)c1C(C)=O)C2. The Kier molecular flexibility index (Phi) is 5.20. The summed E-state index contributed by atoms with van der Waals surface area (Å²) in [6, 6.07) is 3.94. The summed E-state index contributed by atoms with van der Waals surface area (Å²) in [7, 11) is 1.41. The molecule has 1 amide bonds. The molecule has 4 aromatic heterocycles. The molecule has 1 unspecified atom stereocenters. The van der Waals surface area contributed by atoms with Gasteiger partial charge >= 0.3 is 6.09 Å². The van der Waals surface area contributed by atoms with Gasteiger partial charge in [0.25, 0.3) is 0 Å². The number of hydrogen-bond donors (Lipinski definition) is 2. The van der Waals surface area contributed by atoms with E-state index in [9.17, 15) is 9.59 Å². The molecule has 0 spiro atoms. The van der Waals surface area contributed by atoms with Crippen LogP contribution in [0.25, 0.3) is 28.3 Å². The average Bonchev–Trinajstić information content (AvgIpc) is 3.62. The Morgan fingerprint density at radius 1 is 1.14 bits per heavy atom. The second-order valence-electron chi connectivity index (χ2n) is 9.41. The highest BCUT2D eigenvalue weighted by atomic mass is 16.5. The van der Waals surface area contributed by atoms with Crippen molar-refractivity contribution in [3.63, 3.8) is 0 Å². The maximum Gasteiger partial charge on any atom is 0.409 e. The van der Waals surface area contributed by atoms with Gasteiger partial charge in [-0.05, 0) is 38.7 Å². The van der Waals surface area contributed by atoms with E-state index in [1.54, 1.807) is 24.8 Å². The molecule has 36 heavy (non-hydrogen) atoms. The number of H-pyrrole nitrogens is 1. The number of Topliss-reactive ketones (excluding diaryl/α,β-unsaturated/α-hetero) is 1. The van der Waals surface area contributed by atoms with Crippen LogP contribution in [0.5, 0.6) is 0 Å². The molecule has 184 valence electrons. The van der Waals surface area contributed by atoms with Crippen LogP contribution in [0.3, 0.4) is 0 Å². The first-order chi connectivity index (χ1) is 17.5. The number of aromatic nitrogens is 6. The normalized spacial score (nSPS) is 21.2. The number of aromatic amines is 1. The summed E-state index contributed by atoms with van der Waals surface area (Å²) in [5.41, 5.74) is 10.5. The molecule has 0 radical (unpaired) electrons. The zero-order valence-corrected chi connectivity index (χ0v) is 20.0. The third kappa shape index (κ3) is 3.42. The predicted octanol–water partition coefficient (Wildman–Crippen LogP) is 3.44. The average molecular weight is 487 g/mol. The summed E-state index contributed by atoms with van der Waals surface area (Å²) < 4.78 is 6.53. The smallest absolute Gasteiger partial charge is 0.409 e. The van der Waals surface area contributed by atoms with Gasteiger partial charge in [0.1, 0.15) is 11.5 Å². The van der Waals surface area contributed by atoms with E-state index < -0.39 is 0 Å². The predicted molar refractivity (Wildman–Crippen MR) is 131 cm³/mol. The summed E-state index contributed by atoms with van der Waals surface area (Å²) in [6.45, 7) is 1.50. The van der Waals surface area contributed by atoms with E-state index in [1.165, 1.54) is 18.5 Å². The van der Waals surface area contributed by atoms with E-state index in [0.29, 0.717) is 35.6 Å². The number of nitrogens with two attached hydrogens (primary N) is 1. The Labute approximate surface area is 206 Å². The highest BCUT2D eigenvalue weighted by Crippen LogP contribution is 2.44. The van der Waals surface area contributed by atoms with Crippen molar-refractivity contribution in [2.24, 2.45) is 0 Å². The van der Waals surface area contributed by atoms with Crippen molar-refractivity contribution in [2.45, 2.75) is 50.6 Å². The third-order valence-electron chi connectivity index (χ3n) is 7.38. The number of ether oxygens (including phenoxy) is 1. The molecule has 0 saturated carbocycles. The van der Waals surface area contributed by atoms with E-state index in [0.717, 1.165) is 29.7 Å². The molecule has 2 aliphatic rings. The second-order valence-corrected chi connectivity index (χ2v) is 9.41. The molecule has 0 aliphatic carbocycles. The second kappa shape index (κ2) is 8.43. The maximum atomic E-state index is 12.7. The lowest BCUT2D eigenvalue weighted by atomic mass is 9.85. The van der Waals surface area contributed by atoms with E-state index in [4.69, 9.17) is 15.5 Å². The van der Waals surface area contributed by atoms with E-state index in [1.807, 2.05) is 17.0 Å². The summed E-state index contributed by atoms with van der Waals surface area (Å²) in [4.78, 5) is 43.7. The highest BCUT2D eigenvalue weighted by molar-refractivity contribution is 6.00. The minimum absolute atomic E-state index is 0.00295. The first-order valence-corrected chi connectivity index (χ1v) is 12.0. The number of carbonyl (C=O) groups is 2. The van der Waals surface area contributed by atoms with Crippen molar-refractivity contribution in [2.75, 3.05) is 12.8 Å². The van der Waals surface area contributed by atoms with Crippen molar-refractivity contribution >= 4 is 23.3 Å². The number of fused-ring (bicyclic) bond motifs is 3. The van der Waals surface area contributed by atoms with Gasteiger partial charge in [-0.1, -0.05) is 6.07 Å². The fourth-order valence-corrected chi connectivity index (χ4v) is 5.80. The Hall–Kier alpha value is -4.28. The Balaban J connectivity index is 1.42. The van der Waals surface area contributed by atoms with Crippen LogP contribution < -0.4 is 5.73 Å². The highest BCUT2D eigenvalue weighted by Gasteiger charge is 2.45. The topological polar surface area (TPSA) is 144 Å². The molecule has 6 heterocycles. The molecule has 2 aliphatic heterocycles. The molecule has 6 rings (SSSR count). The largest absolute Gasteiger partial charge is 0.453 e. The molecule has 3 N–H and O–H groups in total. The van der Waals surface area contributed by atoms with Crippen molar-refractivity contribution in [3.05, 3.63) is 48.2 Å². The fourth-order valence-electron chi connectivity index (χ4n) is 5.80. The van der Waals surface area contributed by atoms with Crippen molar-refractivity contribution in [1.82, 2.24) is 34.4 Å². The first kappa shape index (κ1) is 22.2. The first-order valence-electron chi connectivity index (χ1n) is 12.0. The number of piperidine rings is 1. The summed E-state index contributed by atoms with van der Waals surface area (Å²) in [5, 5.41) is 4.45. The van der Waals surface area contributed by atoms with Crippen LogP contribution in [0.15, 0.2) is 36.9 Å². The van der Waals surface area contributed by atoms with Crippen LogP contribution in [0, 0.1) is 0 Å². The maximum absolute atomic E-state index is 12.7. The van der Waals surface area contributed by atoms with Gasteiger partial charge in [-0.25, -0.2) is 14.8 Å². The van der Waals surface area contributed by atoms with Crippen molar-refractivity contribution < 1.29 is 14.3 Å². The Bertz CT molecular complexity index is 1450. The zero-order chi connectivity index (χ0) is 25.0. The standard InChI is InChI=1S/C25H26N8O3/c1-13(34)20-21(15-9-16-4-5-17(10-15)32(16)25(35)36-2)31-24-18(12-30-33(24)22(20)26)14-3-6-19(29-11-14)23-27-7-8-28-23/h3,6-8,11-12,15-17H,4-5,9-10,26H2,1-2H3,(H,27,28)/t15?,16-,17+. The number of amides is 1. The van der Waals surface area contributed by atoms with Gasteiger partial charge in [0.15, 0.2) is 17.3 Å². The molecule has 0 aromatic carbocycles. The fraction of sp³-hybridized carbons (Fsp3) is 0.360. The number of carbonyl (C=O) groups excluding carboxylic acids is 2. The van der Waals surface area contributed by atoms with Gasteiger partial charge < -0.3 is 20.4 Å². The lowest BCUT2D eigenvalue weighted by Crippen LogP contribution is -2.46. The lowest BCUT2D eigenvalue weighted by molar-refractivity contribution is 0.0800. The number of rotatable bonds is 4. The van der Waals surface area contributed by atoms with Gasteiger partial charge in [0.05, 0.1) is 24.6 Å². The number of hydrogen-bond acceptors (Lipinski definition) is 8. The van der Waals surface area contributed by atoms with Gasteiger partial charge in [-0.15, -0.1) is 0 Å². The zero-order valence-electron chi connectivity index (χ0n) is 20.0. The monoisotopic (exact) mass is 486 g/mol. The summed E-state index contributed by atoms with van der Waals surface area (Å²) >= 11 is 0. The molecular weight excluding hydrogens is 460 g/mol. The minimum atomic E-state index is -0.292. The lowest BCUT2D eigenvalue weighted by Gasteiger charge is -2.38. The Morgan fingerprint density at radius 3 is 2.53 bits per heavy atom. The van der Waals surface area contributed by atoms with Crippen molar-refractivity contribution in [3.8, 4) is 22.6 Å². The van der Waals surface area contributed by atoms with Gasteiger partial charge in [0.2, 0.25) is 0 Å². The number of ketones is 1. The molecule has 3 atom stereocenters. The third-order valence-corrected chi connectivity index (χ3v) is 7.38. The summed E-state index contributed by atoms with van der Waals surface area (Å²) in [6.07, 6.45) is 9.82. The van der Waals surface area contributed by atoms with E-state index in [-0.39, 0.29) is 35.7 Å². The van der Waals surface area contributed by atoms with Crippen LogP contribution in [0.4, 0.5) is 10.6 Å². The number of nitrogens with one attached hydrogen (secondary N) is 1. The quantitative estimate of drug-likeness (QED) is 0.417. The molecule has 11 heteroatoms. The summed E-state index contributed by atoms with van der Waals surface area (Å²) in [5.74, 6) is 0.805. The van der Waals surface area contributed by atoms with Crippen LogP contribution in [-0.2, 0) is 4.74 Å². The number of methoxy groups -OCH3 is 1.